The SMILES string of the molecule is COc1cc2c(cc1OC)C1CC(COC(=O)C3(OC)CCNCC3)C(CC(C)C)CN1CC2. The summed E-state index contributed by atoms with van der Waals surface area (Å²) in [6.45, 7) is 8.68. The molecule has 2 fully saturated rings. The molecule has 7 nitrogen and oxygen atoms in total. The van der Waals surface area contributed by atoms with E-state index in [-0.39, 0.29) is 5.97 Å². The van der Waals surface area contributed by atoms with E-state index in [9.17, 15) is 4.79 Å². The molecular formula is C27H42N2O5. The standard InChI is InChI=1S/C27H42N2O5/c1-18(2)12-20-16-29-11-6-19-14-24(31-3)25(32-4)15-22(19)23(29)13-21(20)17-34-26(30)27(33-5)7-9-28-10-8-27/h14-15,18,20-21,23,28H,6-13,16-17H2,1-5H3. The molecule has 7 heteroatoms. The Morgan fingerprint density at radius 2 is 1.82 bits per heavy atom. The van der Waals surface area contributed by atoms with Crippen LogP contribution in [0.4, 0.5) is 0 Å². The molecule has 0 radical (unpaired) electrons. The normalized spacial score (nSPS) is 26.5. The molecule has 1 N–H and O–H groups in total. The van der Waals surface area contributed by atoms with Crippen molar-refractivity contribution >= 4 is 5.97 Å². The van der Waals surface area contributed by atoms with Gasteiger partial charge in [-0.1, -0.05) is 13.8 Å². The second kappa shape index (κ2) is 10.8. The lowest BCUT2D eigenvalue weighted by molar-refractivity contribution is -0.175. The number of ether oxygens (including phenoxy) is 4. The van der Waals surface area contributed by atoms with Gasteiger partial charge in [0.1, 0.15) is 0 Å². The minimum Gasteiger partial charge on any atom is -0.493 e. The van der Waals surface area contributed by atoms with Crippen LogP contribution in [0, 0.1) is 17.8 Å². The first kappa shape index (κ1) is 25.3. The number of nitrogens with one attached hydrogen (secondary N) is 1. The molecule has 3 atom stereocenters. The molecule has 0 spiro atoms. The van der Waals surface area contributed by atoms with Gasteiger partial charge < -0.3 is 24.3 Å². The number of rotatable bonds is 8. The molecule has 1 aromatic carbocycles. The lowest BCUT2D eigenvalue weighted by atomic mass is 9.74. The summed E-state index contributed by atoms with van der Waals surface area (Å²) in [7, 11) is 5.02. The number of benzene rings is 1. The summed E-state index contributed by atoms with van der Waals surface area (Å²) >= 11 is 0. The number of carbonyl (C=O) groups excluding carboxylic acids is 1. The predicted molar refractivity (Wildman–Crippen MR) is 131 cm³/mol. The average Bonchev–Trinajstić information content (AvgIpc) is 2.86. The van der Waals surface area contributed by atoms with Gasteiger partial charge in [-0.25, -0.2) is 4.79 Å². The van der Waals surface area contributed by atoms with E-state index >= 15 is 0 Å². The van der Waals surface area contributed by atoms with Crippen LogP contribution in [0.5, 0.6) is 11.5 Å². The highest BCUT2D eigenvalue weighted by atomic mass is 16.6. The third-order valence-electron chi connectivity index (χ3n) is 8.15. The van der Waals surface area contributed by atoms with E-state index in [1.54, 1.807) is 21.3 Å². The Balaban J connectivity index is 1.53. The topological polar surface area (TPSA) is 69.3 Å². The number of hydrogen-bond acceptors (Lipinski definition) is 7. The first-order valence-electron chi connectivity index (χ1n) is 12.8. The lowest BCUT2D eigenvalue weighted by Gasteiger charge is -2.47. The van der Waals surface area contributed by atoms with Crippen molar-refractivity contribution in [2.45, 2.75) is 57.6 Å². The summed E-state index contributed by atoms with van der Waals surface area (Å²) in [5.74, 6) is 2.82. The maximum Gasteiger partial charge on any atom is 0.338 e. The summed E-state index contributed by atoms with van der Waals surface area (Å²) in [6.07, 6.45) is 4.46. The van der Waals surface area contributed by atoms with Crippen molar-refractivity contribution in [2.24, 2.45) is 17.8 Å². The first-order chi connectivity index (χ1) is 16.4. The average molecular weight is 475 g/mol. The molecule has 3 aliphatic rings. The molecule has 190 valence electrons. The fourth-order valence-corrected chi connectivity index (χ4v) is 6.22. The number of nitrogens with zero attached hydrogens (tertiary/aromatic N) is 1. The molecule has 0 aromatic heterocycles. The number of carbonyl (C=O) groups is 1. The van der Waals surface area contributed by atoms with E-state index in [0.29, 0.717) is 43.2 Å². The van der Waals surface area contributed by atoms with E-state index in [0.717, 1.165) is 56.9 Å². The monoisotopic (exact) mass is 474 g/mol. The maximum absolute atomic E-state index is 13.1. The first-order valence-corrected chi connectivity index (χ1v) is 12.8. The molecule has 0 bridgehead atoms. The third-order valence-corrected chi connectivity index (χ3v) is 8.15. The van der Waals surface area contributed by atoms with E-state index in [1.165, 1.54) is 11.1 Å². The number of piperidine rings is 2. The number of hydrogen-bond donors (Lipinski definition) is 1. The Kier molecular flexibility index (Phi) is 8.05. The third kappa shape index (κ3) is 5.07. The van der Waals surface area contributed by atoms with E-state index in [4.69, 9.17) is 18.9 Å². The zero-order valence-electron chi connectivity index (χ0n) is 21.5. The molecule has 0 amide bonds. The summed E-state index contributed by atoms with van der Waals surface area (Å²) in [6, 6.07) is 4.61. The second-order valence-electron chi connectivity index (χ2n) is 10.6. The maximum atomic E-state index is 13.1. The van der Waals surface area contributed by atoms with Gasteiger partial charge >= 0.3 is 5.97 Å². The summed E-state index contributed by atoms with van der Waals surface area (Å²) < 4.78 is 22.9. The van der Waals surface area contributed by atoms with Gasteiger partial charge in [0.05, 0.1) is 20.8 Å². The van der Waals surface area contributed by atoms with Gasteiger partial charge in [-0.15, -0.1) is 0 Å². The van der Waals surface area contributed by atoms with Crippen molar-refractivity contribution < 1.29 is 23.7 Å². The highest BCUT2D eigenvalue weighted by molar-refractivity contribution is 5.79. The van der Waals surface area contributed by atoms with E-state index in [1.807, 2.05) is 0 Å². The van der Waals surface area contributed by atoms with Crippen LogP contribution in [0.2, 0.25) is 0 Å². The molecule has 0 aliphatic carbocycles. The van der Waals surface area contributed by atoms with Crippen LogP contribution in [0.15, 0.2) is 12.1 Å². The smallest absolute Gasteiger partial charge is 0.338 e. The number of esters is 1. The Hall–Kier alpha value is -1.83. The van der Waals surface area contributed by atoms with Gasteiger partial charge in [0, 0.05) is 26.2 Å². The molecule has 4 rings (SSSR count). The fourth-order valence-electron chi connectivity index (χ4n) is 6.22. The molecular weight excluding hydrogens is 432 g/mol. The zero-order valence-corrected chi connectivity index (χ0v) is 21.5. The van der Waals surface area contributed by atoms with Crippen LogP contribution in [0.1, 0.15) is 56.7 Å². The van der Waals surface area contributed by atoms with Crippen molar-refractivity contribution in [3.8, 4) is 11.5 Å². The largest absolute Gasteiger partial charge is 0.493 e. The van der Waals surface area contributed by atoms with Crippen molar-refractivity contribution in [3.63, 3.8) is 0 Å². The van der Waals surface area contributed by atoms with E-state index < -0.39 is 5.60 Å². The van der Waals surface area contributed by atoms with Gasteiger partial charge in [-0.3, -0.25) is 4.90 Å². The van der Waals surface area contributed by atoms with Crippen molar-refractivity contribution in [1.82, 2.24) is 10.2 Å². The molecule has 34 heavy (non-hydrogen) atoms. The van der Waals surface area contributed by atoms with Gasteiger partial charge in [-0.2, -0.15) is 0 Å². The van der Waals surface area contributed by atoms with Crippen LogP contribution in [0.25, 0.3) is 0 Å². The highest BCUT2D eigenvalue weighted by Gasteiger charge is 2.44. The molecule has 3 unspecified atom stereocenters. The zero-order chi connectivity index (χ0) is 24.3. The molecule has 1 aromatic rings. The fraction of sp³-hybridized carbons (Fsp3) is 0.741. The van der Waals surface area contributed by atoms with Crippen molar-refractivity contribution in [3.05, 3.63) is 23.3 Å². The number of fused-ring (bicyclic) bond motifs is 3. The minimum absolute atomic E-state index is 0.197. The summed E-state index contributed by atoms with van der Waals surface area (Å²) in [5.41, 5.74) is 1.86. The Bertz CT molecular complexity index is 852. The molecule has 0 saturated carbocycles. The second-order valence-corrected chi connectivity index (χ2v) is 10.6. The summed E-state index contributed by atoms with van der Waals surface area (Å²) in [4.78, 5) is 15.8. The van der Waals surface area contributed by atoms with Crippen LogP contribution >= 0.6 is 0 Å². The van der Waals surface area contributed by atoms with Gasteiger partial charge in [0.25, 0.3) is 0 Å². The quantitative estimate of drug-likeness (QED) is 0.578. The van der Waals surface area contributed by atoms with Gasteiger partial charge in [0.15, 0.2) is 17.1 Å². The Labute approximate surface area is 204 Å². The van der Waals surface area contributed by atoms with Crippen molar-refractivity contribution in [2.75, 3.05) is 54.1 Å². The molecule has 3 aliphatic heterocycles. The highest BCUT2D eigenvalue weighted by Crippen LogP contribution is 2.45. The predicted octanol–water partition coefficient (Wildman–Crippen LogP) is 3.60. The molecule has 2 saturated heterocycles. The summed E-state index contributed by atoms with van der Waals surface area (Å²) in [5, 5.41) is 3.31. The Morgan fingerprint density at radius 3 is 2.47 bits per heavy atom. The van der Waals surface area contributed by atoms with Gasteiger partial charge in [0.2, 0.25) is 0 Å². The number of methoxy groups -OCH3 is 3. The molecule has 3 heterocycles. The van der Waals surface area contributed by atoms with Crippen LogP contribution in [0.3, 0.4) is 0 Å². The minimum atomic E-state index is -0.805. The van der Waals surface area contributed by atoms with Crippen LogP contribution in [-0.2, 0) is 20.7 Å². The van der Waals surface area contributed by atoms with Crippen molar-refractivity contribution in [1.29, 1.82) is 0 Å². The Morgan fingerprint density at radius 1 is 1.12 bits per heavy atom. The van der Waals surface area contributed by atoms with Crippen LogP contribution < -0.4 is 14.8 Å². The van der Waals surface area contributed by atoms with E-state index in [2.05, 4.69) is 36.2 Å². The van der Waals surface area contributed by atoms with Crippen LogP contribution in [-0.4, -0.2) is 70.6 Å². The lowest BCUT2D eigenvalue weighted by Crippen LogP contribution is -2.51. The van der Waals surface area contributed by atoms with Gasteiger partial charge in [-0.05, 0) is 86.2 Å².